The average molecular weight is 131 g/mol. The maximum absolute atomic E-state index is 8.81. The molecular formula is C7H15O2. The van der Waals surface area contributed by atoms with Gasteiger partial charge in [0.15, 0.2) is 0 Å². The molecule has 2 heteroatoms. The molecule has 0 unspecified atom stereocenters. The van der Waals surface area contributed by atoms with Crippen LogP contribution in [0.3, 0.4) is 0 Å². The summed E-state index contributed by atoms with van der Waals surface area (Å²) >= 11 is 0. The van der Waals surface area contributed by atoms with Crippen molar-refractivity contribution < 1.29 is 9.53 Å². The van der Waals surface area contributed by atoms with Crippen LogP contribution in [0.1, 0.15) is 20.3 Å². The molecule has 0 aromatic carbocycles. The molecule has 9 heavy (non-hydrogen) atoms. The van der Waals surface area contributed by atoms with Crippen molar-refractivity contribution in [2.24, 2.45) is 0 Å². The third kappa shape index (κ3) is 35.0. The molecule has 0 saturated carbocycles. The van der Waals surface area contributed by atoms with Gasteiger partial charge in [-0.2, -0.15) is 0 Å². The minimum atomic E-state index is 0.750. The normalized spacial score (nSPS) is 7.44. The van der Waals surface area contributed by atoms with Gasteiger partial charge in [-0.15, -0.1) is 0 Å². The highest BCUT2D eigenvalue weighted by Gasteiger charge is 1.75. The Labute approximate surface area is 57.2 Å². The van der Waals surface area contributed by atoms with Crippen molar-refractivity contribution in [2.75, 3.05) is 13.7 Å². The molecule has 2 nitrogen and oxygen atoms in total. The fourth-order valence-corrected chi connectivity index (χ4v) is 0.236. The van der Waals surface area contributed by atoms with Gasteiger partial charge in [0.1, 0.15) is 6.29 Å². The molecular weight excluding hydrogens is 116 g/mol. The van der Waals surface area contributed by atoms with Crippen molar-refractivity contribution in [3.05, 3.63) is 6.42 Å². The summed E-state index contributed by atoms with van der Waals surface area (Å²) in [5.41, 5.74) is 0. The average Bonchev–Trinajstić information content (AvgIpc) is 1.86. The Bertz CT molecular complexity index is 40.2. The Kier molecular flexibility index (Phi) is 19.9. The van der Waals surface area contributed by atoms with Gasteiger partial charge in [-0.3, -0.25) is 0 Å². The van der Waals surface area contributed by atoms with E-state index in [1.807, 2.05) is 6.92 Å². The van der Waals surface area contributed by atoms with Crippen LogP contribution in [-0.4, -0.2) is 20.0 Å². The maximum atomic E-state index is 8.81. The molecule has 0 bridgehead atoms. The Hall–Kier alpha value is -0.370. The zero-order valence-electron chi connectivity index (χ0n) is 6.39. The second kappa shape index (κ2) is 15.6. The first-order chi connectivity index (χ1) is 4.33. The van der Waals surface area contributed by atoms with Crippen LogP contribution in [0.4, 0.5) is 0 Å². The molecule has 1 radical (unpaired) electrons. The van der Waals surface area contributed by atoms with Gasteiger partial charge in [-0.25, -0.2) is 0 Å². The van der Waals surface area contributed by atoms with E-state index in [-0.39, 0.29) is 0 Å². The highest BCUT2D eigenvalue weighted by molar-refractivity contribution is 5.44. The van der Waals surface area contributed by atoms with Gasteiger partial charge in [0.05, 0.1) is 0 Å². The van der Waals surface area contributed by atoms with Gasteiger partial charge in [-0.05, 0) is 19.8 Å². The molecule has 0 heterocycles. The van der Waals surface area contributed by atoms with Gasteiger partial charge in [-0.1, -0.05) is 6.92 Å². The molecule has 0 saturated heterocycles. The highest BCUT2D eigenvalue weighted by Crippen LogP contribution is 1.81. The van der Waals surface area contributed by atoms with Crippen LogP contribution < -0.4 is 0 Å². The quantitative estimate of drug-likeness (QED) is 0.428. The SMILES string of the molecule is CC=O.C[CH]CCOC. The molecule has 0 amide bonds. The van der Waals surface area contributed by atoms with Crippen LogP contribution >= 0.6 is 0 Å². The minimum Gasteiger partial charge on any atom is -0.385 e. The molecule has 0 N–H and O–H groups in total. The van der Waals surface area contributed by atoms with Gasteiger partial charge < -0.3 is 9.53 Å². The van der Waals surface area contributed by atoms with Crippen LogP contribution in [0.2, 0.25) is 0 Å². The van der Waals surface area contributed by atoms with E-state index in [0.29, 0.717) is 0 Å². The van der Waals surface area contributed by atoms with Gasteiger partial charge in [0.25, 0.3) is 0 Å². The molecule has 0 aliphatic carbocycles. The van der Waals surface area contributed by atoms with Gasteiger partial charge >= 0.3 is 0 Å². The van der Waals surface area contributed by atoms with Crippen molar-refractivity contribution >= 4 is 6.29 Å². The van der Waals surface area contributed by atoms with Crippen LogP contribution in [0, 0.1) is 6.42 Å². The fraction of sp³-hybridized carbons (Fsp3) is 0.714. The smallest absolute Gasteiger partial charge is 0.116 e. The number of hydrogen-bond donors (Lipinski definition) is 0. The Morgan fingerprint density at radius 1 is 1.44 bits per heavy atom. The first-order valence-corrected chi connectivity index (χ1v) is 3.00. The number of methoxy groups -OCH3 is 1. The number of carbonyl (C=O) groups is 1. The number of aldehydes is 1. The second-order valence-electron chi connectivity index (χ2n) is 1.43. The zero-order valence-corrected chi connectivity index (χ0v) is 6.39. The zero-order chi connectivity index (χ0) is 7.54. The molecule has 0 aromatic rings. The summed E-state index contributed by atoms with van der Waals surface area (Å²) in [7, 11) is 1.71. The minimum absolute atomic E-state index is 0.750. The Balaban J connectivity index is 0. The number of unbranched alkanes of at least 4 members (excludes halogenated alkanes) is 1. The van der Waals surface area contributed by atoms with Crippen molar-refractivity contribution in [1.29, 1.82) is 0 Å². The van der Waals surface area contributed by atoms with E-state index in [4.69, 9.17) is 9.53 Å². The van der Waals surface area contributed by atoms with E-state index in [9.17, 15) is 0 Å². The summed E-state index contributed by atoms with van der Waals surface area (Å²) in [5, 5.41) is 0. The third-order valence-corrected chi connectivity index (χ3v) is 0.611. The van der Waals surface area contributed by atoms with E-state index in [1.165, 1.54) is 6.92 Å². The lowest BCUT2D eigenvalue weighted by Gasteiger charge is -1.89. The van der Waals surface area contributed by atoms with Crippen molar-refractivity contribution in [1.82, 2.24) is 0 Å². The fourth-order valence-electron chi connectivity index (χ4n) is 0.236. The molecule has 0 fully saturated rings. The van der Waals surface area contributed by atoms with Crippen LogP contribution in [-0.2, 0) is 9.53 Å². The topological polar surface area (TPSA) is 26.3 Å². The summed E-state index contributed by atoms with van der Waals surface area (Å²) in [6.07, 6.45) is 3.90. The molecule has 0 atom stereocenters. The summed E-state index contributed by atoms with van der Waals surface area (Å²) in [6, 6.07) is 0. The largest absolute Gasteiger partial charge is 0.385 e. The van der Waals surface area contributed by atoms with Crippen molar-refractivity contribution in [3.63, 3.8) is 0 Å². The summed E-state index contributed by atoms with van der Waals surface area (Å²) in [5.74, 6) is 0. The molecule has 0 aromatic heterocycles. The molecule has 55 valence electrons. The van der Waals surface area contributed by atoms with E-state index >= 15 is 0 Å². The lowest BCUT2D eigenvalue weighted by molar-refractivity contribution is -0.106. The number of carbonyl (C=O) groups excluding carboxylic acids is 1. The molecule has 0 aliphatic heterocycles. The van der Waals surface area contributed by atoms with Crippen LogP contribution in [0.5, 0.6) is 0 Å². The lowest BCUT2D eigenvalue weighted by atomic mass is 10.4. The highest BCUT2D eigenvalue weighted by atomic mass is 16.5. The summed E-state index contributed by atoms with van der Waals surface area (Å²) in [6.45, 7) is 4.33. The predicted octanol–water partition coefficient (Wildman–Crippen LogP) is 1.45. The Morgan fingerprint density at radius 2 is 1.89 bits per heavy atom. The summed E-state index contributed by atoms with van der Waals surface area (Å²) < 4.78 is 4.75. The first-order valence-electron chi connectivity index (χ1n) is 3.00. The Morgan fingerprint density at radius 3 is 2.00 bits per heavy atom. The summed E-state index contributed by atoms with van der Waals surface area (Å²) in [4.78, 5) is 8.81. The predicted molar refractivity (Wildman–Crippen MR) is 38.2 cm³/mol. The van der Waals surface area contributed by atoms with E-state index in [0.717, 1.165) is 19.3 Å². The van der Waals surface area contributed by atoms with Gasteiger partial charge in [0.2, 0.25) is 0 Å². The van der Waals surface area contributed by atoms with Crippen molar-refractivity contribution in [3.8, 4) is 0 Å². The van der Waals surface area contributed by atoms with E-state index < -0.39 is 0 Å². The van der Waals surface area contributed by atoms with Crippen molar-refractivity contribution in [2.45, 2.75) is 20.3 Å². The number of hydrogen-bond acceptors (Lipinski definition) is 2. The standard InChI is InChI=1S/C5H11O.C2H4O/c1-3-4-5-6-2;1-2-3/h3H,4-5H2,1-2H3;2H,1H3. The second-order valence-corrected chi connectivity index (χ2v) is 1.43. The molecule has 0 spiro atoms. The van der Waals surface area contributed by atoms with Gasteiger partial charge in [0, 0.05) is 13.7 Å². The first kappa shape index (κ1) is 11.4. The number of rotatable bonds is 3. The monoisotopic (exact) mass is 131 g/mol. The van der Waals surface area contributed by atoms with Crippen LogP contribution in [0.25, 0.3) is 0 Å². The van der Waals surface area contributed by atoms with E-state index in [1.54, 1.807) is 7.11 Å². The van der Waals surface area contributed by atoms with E-state index in [2.05, 4.69) is 6.42 Å². The number of ether oxygens (including phenoxy) is 1. The third-order valence-electron chi connectivity index (χ3n) is 0.611. The molecule has 0 aliphatic rings. The lowest BCUT2D eigenvalue weighted by Crippen LogP contribution is -1.84. The van der Waals surface area contributed by atoms with Crippen LogP contribution in [0.15, 0.2) is 0 Å². The maximum Gasteiger partial charge on any atom is 0.116 e. The molecule has 0 rings (SSSR count).